The SMILES string of the molecule is CCCOC1C[N+](C)(C)CCO1. The third-order valence-electron chi connectivity index (χ3n) is 2.15. The summed E-state index contributed by atoms with van der Waals surface area (Å²) in [5.41, 5.74) is 0. The third-order valence-corrected chi connectivity index (χ3v) is 2.15. The van der Waals surface area contributed by atoms with Gasteiger partial charge in [-0.15, -0.1) is 0 Å². The molecule has 1 atom stereocenters. The van der Waals surface area contributed by atoms with Crippen LogP contribution >= 0.6 is 0 Å². The summed E-state index contributed by atoms with van der Waals surface area (Å²) < 4.78 is 12.0. The van der Waals surface area contributed by atoms with Crippen LogP contribution in [0.4, 0.5) is 0 Å². The third kappa shape index (κ3) is 3.09. The van der Waals surface area contributed by atoms with Crippen LogP contribution < -0.4 is 0 Å². The molecule has 0 bridgehead atoms. The van der Waals surface area contributed by atoms with E-state index in [9.17, 15) is 0 Å². The lowest BCUT2D eigenvalue weighted by Gasteiger charge is -2.37. The lowest BCUT2D eigenvalue weighted by molar-refractivity contribution is -0.905. The molecule has 1 saturated heterocycles. The normalized spacial score (nSPS) is 28.8. The number of hydrogen-bond acceptors (Lipinski definition) is 2. The number of ether oxygens (including phenoxy) is 2. The minimum absolute atomic E-state index is 0.0219. The fourth-order valence-corrected chi connectivity index (χ4v) is 1.33. The Hall–Kier alpha value is -0.120. The second kappa shape index (κ2) is 4.21. The number of morpholine rings is 1. The minimum atomic E-state index is 0.0219. The zero-order valence-electron chi connectivity index (χ0n) is 8.38. The number of hydrogen-bond donors (Lipinski definition) is 0. The lowest BCUT2D eigenvalue weighted by atomic mass is 10.3. The Morgan fingerprint density at radius 1 is 1.50 bits per heavy atom. The van der Waals surface area contributed by atoms with Crippen molar-refractivity contribution < 1.29 is 14.0 Å². The Morgan fingerprint density at radius 3 is 2.83 bits per heavy atom. The van der Waals surface area contributed by atoms with Gasteiger partial charge in [0.2, 0.25) is 6.29 Å². The summed E-state index contributed by atoms with van der Waals surface area (Å²) in [6.07, 6.45) is 1.08. The van der Waals surface area contributed by atoms with Gasteiger partial charge in [0, 0.05) is 6.61 Å². The summed E-state index contributed by atoms with van der Waals surface area (Å²) in [4.78, 5) is 0. The van der Waals surface area contributed by atoms with Crippen LogP contribution in [0, 0.1) is 0 Å². The number of quaternary nitrogens is 1. The molecule has 1 rings (SSSR count). The molecular weight excluding hydrogens is 154 g/mol. The summed E-state index contributed by atoms with van der Waals surface area (Å²) >= 11 is 0. The highest BCUT2D eigenvalue weighted by atomic mass is 16.7. The smallest absolute Gasteiger partial charge is 0.207 e. The summed E-state index contributed by atoms with van der Waals surface area (Å²) in [5, 5.41) is 0. The van der Waals surface area contributed by atoms with Crippen molar-refractivity contribution in [2.24, 2.45) is 0 Å². The predicted molar refractivity (Wildman–Crippen MR) is 47.8 cm³/mol. The van der Waals surface area contributed by atoms with E-state index >= 15 is 0 Å². The molecule has 0 spiro atoms. The van der Waals surface area contributed by atoms with Gasteiger partial charge in [-0.1, -0.05) is 6.92 Å². The molecular formula is C9H20NO2+. The average molecular weight is 174 g/mol. The van der Waals surface area contributed by atoms with E-state index in [0.29, 0.717) is 0 Å². The zero-order chi connectivity index (χ0) is 9.03. The van der Waals surface area contributed by atoms with Crippen LogP contribution in [0.5, 0.6) is 0 Å². The van der Waals surface area contributed by atoms with Crippen LogP contribution in [0.15, 0.2) is 0 Å². The van der Waals surface area contributed by atoms with Gasteiger partial charge < -0.3 is 14.0 Å². The van der Waals surface area contributed by atoms with Gasteiger partial charge in [-0.3, -0.25) is 0 Å². The number of rotatable bonds is 3. The van der Waals surface area contributed by atoms with Crippen molar-refractivity contribution in [3.63, 3.8) is 0 Å². The van der Waals surface area contributed by atoms with Crippen molar-refractivity contribution >= 4 is 0 Å². The van der Waals surface area contributed by atoms with Crippen molar-refractivity contribution in [1.82, 2.24) is 0 Å². The highest BCUT2D eigenvalue weighted by Crippen LogP contribution is 2.10. The Kier molecular flexibility index (Phi) is 3.50. The highest BCUT2D eigenvalue weighted by Gasteiger charge is 2.28. The van der Waals surface area contributed by atoms with Crippen molar-refractivity contribution in [3.05, 3.63) is 0 Å². The largest absolute Gasteiger partial charge is 0.348 e. The predicted octanol–water partition coefficient (Wildman–Crippen LogP) is 0.846. The molecule has 0 radical (unpaired) electrons. The molecule has 3 nitrogen and oxygen atoms in total. The van der Waals surface area contributed by atoms with E-state index in [2.05, 4.69) is 21.0 Å². The van der Waals surface area contributed by atoms with Crippen molar-refractivity contribution in [2.45, 2.75) is 19.6 Å². The monoisotopic (exact) mass is 174 g/mol. The standard InChI is InChI=1S/C9H20NO2/c1-4-6-11-9-8-10(2,3)5-7-12-9/h9H,4-8H2,1-3H3/q+1. The van der Waals surface area contributed by atoms with Gasteiger partial charge in [-0.2, -0.15) is 0 Å². The molecule has 0 amide bonds. The first-order valence-corrected chi connectivity index (χ1v) is 4.69. The molecule has 0 saturated carbocycles. The summed E-state index contributed by atoms with van der Waals surface area (Å²) in [5.74, 6) is 0. The summed E-state index contributed by atoms with van der Waals surface area (Å²) in [6, 6.07) is 0. The first-order chi connectivity index (χ1) is 5.64. The Labute approximate surface area is 74.8 Å². The van der Waals surface area contributed by atoms with Gasteiger partial charge in [-0.05, 0) is 6.42 Å². The quantitative estimate of drug-likeness (QED) is 0.590. The maximum Gasteiger partial charge on any atom is 0.207 e. The molecule has 72 valence electrons. The lowest BCUT2D eigenvalue weighted by Crippen LogP contribution is -2.53. The first kappa shape index (κ1) is 9.96. The van der Waals surface area contributed by atoms with E-state index in [1.807, 2.05) is 0 Å². The molecule has 1 aliphatic rings. The first-order valence-electron chi connectivity index (χ1n) is 4.69. The second-order valence-corrected chi connectivity index (χ2v) is 4.01. The van der Waals surface area contributed by atoms with Crippen LogP contribution in [-0.2, 0) is 9.47 Å². The van der Waals surface area contributed by atoms with E-state index < -0.39 is 0 Å². The van der Waals surface area contributed by atoms with Crippen molar-refractivity contribution in [2.75, 3.05) is 40.4 Å². The molecule has 0 aromatic rings. The zero-order valence-corrected chi connectivity index (χ0v) is 8.38. The Morgan fingerprint density at radius 2 is 2.25 bits per heavy atom. The van der Waals surface area contributed by atoms with Gasteiger partial charge >= 0.3 is 0 Å². The van der Waals surface area contributed by atoms with Gasteiger partial charge in [-0.25, -0.2) is 0 Å². The molecule has 12 heavy (non-hydrogen) atoms. The molecule has 0 aromatic carbocycles. The van der Waals surface area contributed by atoms with Crippen LogP contribution in [0.1, 0.15) is 13.3 Å². The van der Waals surface area contributed by atoms with E-state index in [0.717, 1.165) is 37.2 Å². The maximum absolute atomic E-state index is 5.53. The molecule has 1 aliphatic heterocycles. The van der Waals surface area contributed by atoms with Gasteiger partial charge in [0.25, 0.3) is 0 Å². The van der Waals surface area contributed by atoms with Crippen molar-refractivity contribution in [3.8, 4) is 0 Å². The van der Waals surface area contributed by atoms with E-state index in [-0.39, 0.29) is 6.29 Å². The molecule has 0 aromatic heterocycles. The summed E-state index contributed by atoms with van der Waals surface area (Å²) in [6.45, 7) is 5.81. The van der Waals surface area contributed by atoms with Crippen molar-refractivity contribution in [1.29, 1.82) is 0 Å². The fraction of sp³-hybridized carbons (Fsp3) is 1.00. The molecule has 1 fully saturated rings. The van der Waals surface area contributed by atoms with Gasteiger partial charge in [0.05, 0.1) is 20.7 Å². The van der Waals surface area contributed by atoms with Crippen LogP contribution in [0.3, 0.4) is 0 Å². The number of likely N-dealkylation sites (N-methyl/N-ethyl adjacent to an activating group) is 1. The Bertz CT molecular complexity index is 136. The second-order valence-electron chi connectivity index (χ2n) is 4.01. The molecule has 1 unspecified atom stereocenters. The molecule has 1 heterocycles. The van der Waals surface area contributed by atoms with E-state index in [1.165, 1.54) is 0 Å². The van der Waals surface area contributed by atoms with Crippen LogP contribution in [0.2, 0.25) is 0 Å². The van der Waals surface area contributed by atoms with E-state index in [4.69, 9.17) is 9.47 Å². The van der Waals surface area contributed by atoms with Gasteiger partial charge in [0.1, 0.15) is 13.1 Å². The maximum atomic E-state index is 5.53. The van der Waals surface area contributed by atoms with Gasteiger partial charge in [0.15, 0.2) is 0 Å². The molecule has 0 aliphatic carbocycles. The average Bonchev–Trinajstić information content (AvgIpc) is 1.99. The molecule has 3 heteroatoms. The molecule has 0 N–H and O–H groups in total. The Balaban J connectivity index is 2.26. The van der Waals surface area contributed by atoms with Crippen LogP contribution in [0.25, 0.3) is 0 Å². The topological polar surface area (TPSA) is 18.5 Å². The van der Waals surface area contributed by atoms with Crippen LogP contribution in [-0.4, -0.2) is 51.2 Å². The summed E-state index contributed by atoms with van der Waals surface area (Å²) in [7, 11) is 4.43. The fourth-order valence-electron chi connectivity index (χ4n) is 1.33. The highest BCUT2D eigenvalue weighted by molar-refractivity contribution is 4.50. The number of nitrogens with zero attached hydrogens (tertiary/aromatic N) is 1. The minimum Gasteiger partial charge on any atom is -0.348 e. The van der Waals surface area contributed by atoms with E-state index in [1.54, 1.807) is 0 Å².